The summed E-state index contributed by atoms with van der Waals surface area (Å²) in [7, 11) is -3.47. The highest BCUT2D eigenvalue weighted by Gasteiger charge is 2.53. The van der Waals surface area contributed by atoms with Crippen molar-refractivity contribution in [2.75, 3.05) is 19.4 Å². The van der Waals surface area contributed by atoms with Crippen LogP contribution in [0.4, 0.5) is 0 Å². The quantitative estimate of drug-likeness (QED) is 0.349. The molecule has 0 aromatic heterocycles. The van der Waals surface area contributed by atoms with Crippen LogP contribution in [0.1, 0.15) is 16.7 Å². The lowest BCUT2D eigenvalue weighted by molar-refractivity contribution is 0.256. The van der Waals surface area contributed by atoms with Gasteiger partial charge in [-0.15, -0.1) is 0 Å². The van der Waals surface area contributed by atoms with E-state index >= 15 is 0 Å². The third kappa shape index (κ3) is 3.61. The molecule has 1 heterocycles. The second-order valence-electron chi connectivity index (χ2n) is 7.10. The van der Waals surface area contributed by atoms with Gasteiger partial charge in [0, 0.05) is 12.6 Å². The van der Waals surface area contributed by atoms with Crippen LogP contribution in [0.2, 0.25) is 0 Å². The maximum atomic E-state index is 11.5. The molecule has 0 aliphatic carbocycles. The van der Waals surface area contributed by atoms with E-state index in [4.69, 9.17) is 4.18 Å². The van der Waals surface area contributed by atoms with E-state index in [-0.39, 0.29) is 12.6 Å². The lowest BCUT2D eigenvalue weighted by Gasteiger charge is -2.38. The Labute approximate surface area is 166 Å². The van der Waals surface area contributed by atoms with Gasteiger partial charge in [-0.25, -0.2) is 0 Å². The van der Waals surface area contributed by atoms with Crippen molar-refractivity contribution in [1.82, 2.24) is 4.90 Å². The average Bonchev–Trinajstić information content (AvgIpc) is 3.49. The molecule has 28 heavy (non-hydrogen) atoms. The van der Waals surface area contributed by atoms with Crippen molar-refractivity contribution in [2.24, 2.45) is 0 Å². The predicted molar refractivity (Wildman–Crippen MR) is 110 cm³/mol. The first-order valence-electron chi connectivity index (χ1n) is 9.29. The Bertz CT molecular complexity index is 925. The van der Waals surface area contributed by atoms with Crippen LogP contribution >= 0.6 is 0 Å². The van der Waals surface area contributed by atoms with E-state index in [9.17, 15) is 8.42 Å². The summed E-state index contributed by atoms with van der Waals surface area (Å²) in [5.41, 5.74) is 2.94. The van der Waals surface area contributed by atoms with E-state index in [2.05, 4.69) is 41.3 Å². The highest BCUT2D eigenvalue weighted by Crippen LogP contribution is 2.48. The van der Waals surface area contributed by atoms with Crippen molar-refractivity contribution in [1.29, 1.82) is 0 Å². The van der Waals surface area contributed by atoms with Crippen molar-refractivity contribution in [2.45, 2.75) is 11.6 Å². The fourth-order valence-electron chi connectivity index (χ4n) is 3.97. The first-order valence-corrected chi connectivity index (χ1v) is 11.1. The average molecular weight is 394 g/mol. The molecule has 144 valence electrons. The zero-order valence-electron chi connectivity index (χ0n) is 15.7. The molecule has 4 nitrogen and oxygen atoms in total. The Morgan fingerprint density at radius 2 is 1.21 bits per heavy atom. The normalized spacial score (nSPS) is 19.3. The molecule has 0 radical (unpaired) electrons. The van der Waals surface area contributed by atoms with E-state index in [1.54, 1.807) is 0 Å². The third-order valence-corrected chi connectivity index (χ3v) is 5.76. The van der Waals surface area contributed by atoms with Crippen LogP contribution in [0.25, 0.3) is 0 Å². The summed E-state index contributed by atoms with van der Waals surface area (Å²) < 4.78 is 28.1. The molecule has 2 atom stereocenters. The largest absolute Gasteiger partial charge is 0.278 e. The van der Waals surface area contributed by atoms with Gasteiger partial charge in [-0.2, -0.15) is 8.42 Å². The Morgan fingerprint density at radius 1 is 0.821 bits per heavy atom. The molecule has 0 amide bonds. The van der Waals surface area contributed by atoms with Crippen LogP contribution in [-0.2, 0) is 19.8 Å². The zero-order chi connectivity index (χ0) is 19.6. The molecule has 3 aromatic rings. The number of nitrogens with zero attached hydrogens (tertiary/aromatic N) is 1. The summed E-state index contributed by atoms with van der Waals surface area (Å²) in [6.45, 7) is 0.918. The first kappa shape index (κ1) is 18.9. The van der Waals surface area contributed by atoms with Crippen LogP contribution in [0.15, 0.2) is 91.0 Å². The van der Waals surface area contributed by atoms with Gasteiger partial charge in [0.25, 0.3) is 10.1 Å². The van der Waals surface area contributed by atoms with Crippen molar-refractivity contribution in [3.8, 4) is 0 Å². The maximum Gasteiger partial charge on any atom is 0.264 e. The summed E-state index contributed by atoms with van der Waals surface area (Å²) in [5, 5.41) is 0. The maximum absolute atomic E-state index is 11.5. The van der Waals surface area contributed by atoms with Gasteiger partial charge in [0.2, 0.25) is 0 Å². The topological polar surface area (TPSA) is 46.4 Å². The molecule has 1 fully saturated rings. The van der Waals surface area contributed by atoms with Gasteiger partial charge in [-0.1, -0.05) is 91.0 Å². The lowest BCUT2D eigenvalue weighted by atomic mass is 9.76. The molecule has 3 aromatic carbocycles. The Kier molecular flexibility index (Phi) is 5.06. The van der Waals surface area contributed by atoms with Crippen molar-refractivity contribution in [3.05, 3.63) is 108 Å². The van der Waals surface area contributed by atoms with Gasteiger partial charge in [0.05, 0.1) is 18.4 Å². The molecule has 1 aliphatic rings. The molecule has 1 saturated heterocycles. The molecule has 0 saturated carbocycles. The molecule has 4 rings (SSSR count). The van der Waals surface area contributed by atoms with Crippen LogP contribution in [0.3, 0.4) is 0 Å². The summed E-state index contributed by atoms with van der Waals surface area (Å²) >= 11 is 0. The van der Waals surface area contributed by atoms with E-state index in [1.165, 1.54) is 0 Å². The predicted octanol–water partition coefficient (Wildman–Crippen LogP) is 3.64. The highest BCUT2D eigenvalue weighted by atomic mass is 32.2. The minimum Gasteiger partial charge on any atom is -0.278 e. The molecule has 0 bridgehead atoms. The Balaban J connectivity index is 1.86. The number of hydrogen-bond acceptors (Lipinski definition) is 4. The molecular formula is C23H23NO3S. The lowest BCUT2D eigenvalue weighted by Crippen LogP contribution is -2.39. The Morgan fingerprint density at radius 3 is 1.57 bits per heavy atom. The summed E-state index contributed by atoms with van der Waals surface area (Å²) in [4.78, 5) is 2.32. The minimum atomic E-state index is -3.47. The van der Waals surface area contributed by atoms with Gasteiger partial charge in [0.15, 0.2) is 0 Å². The fraction of sp³-hybridized carbons (Fsp3) is 0.217. The van der Waals surface area contributed by atoms with E-state index < -0.39 is 15.7 Å². The molecule has 0 spiro atoms. The SMILES string of the molecule is CS(=O)(=O)OC[C@@H]1CN1C(c1ccccc1)(c1ccccc1)c1ccccc1. The van der Waals surface area contributed by atoms with Crippen LogP contribution < -0.4 is 0 Å². The van der Waals surface area contributed by atoms with Gasteiger partial charge in [-0.3, -0.25) is 9.08 Å². The smallest absolute Gasteiger partial charge is 0.264 e. The first-order chi connectivity index (χ1) is 13.5. The van der Waals surface area contributed by atoms with Crippen molar-refractivity contribution < 1.29 is 12.6 Å². The summed E-state index contributed by atoms with van der Waals surface area (Å²) in [6.07, 6.45) is 1.10. The molecular weight excluding hydrogens is 370 g/mol. The number of rotatable bonds is 7. The zero-order valence-corrected chi connectivity index (χ0v) is 16.5. The van der Waals surface area contributed by atoms with Crippen LogP contribution in [-0.4, -0.2) is 38.8 Å². The number of benzene rings is 3. The standard InChI is InChI=1S/C23H23NO3S/c1-28(25,26)27-18-22-17-24(22)23(19-11-5-2-6-12-19,20-13-7-3-8-14-20)21-15-9-4-10-16-21/h2-16,22H,17-18H2,1H3/t22-,24?/m0/s1. The molecule has 1 aliphatic heterocycles. The second-order valence-corrected chi connectivity index (χ2v) is 8.75. The number of hydrogen-bond donors (Lipinski definition) is 0. The van der Waals surface area contributed by atoms with Gasteiger partial charge >= 0.3 is 0 Å². The van der Waals surface area contributed by atoms with Gasteiger partial charge in [0.1, 0.15) is 0 Å². The van der Waals surface area contributed by atoms with E-state index in [0.29, 0.717) is 0 Å². The molecule has 5 heteroatoms. The molecule has 1 unspecified atom stereocenters. The van der Waals surface area contributed by atoms with E-state index in [0.717, 1.165) is 29.5 Å². The Hall–Kier alpha value is -2.47. The highest BCUT2D eigenvalue weighted by molar-refractivity contribution is 7.85. The van der Waals surface area contributed by atoms with Gasteiger partial charge < -0.3 is 0 Å². The summed E-state index contributed by atoms with van der Waals surface area (Å²) in [6, 6.07) is 31.1. The van der Waals surface area contributed by atoms with Gasteiger partial charge in [-0.05, 0) is 16.7 Å². The van der Waals surface area contributed by atoms with E-state index in [1.807, 2.05) is 54.6 Å². The monoisotopic (exact) mass is 393 g/mol. The summed E-state index contributed by atoms with van der Waals surface area (Å²) in [5.74, 6) is 0. The molecule has 0 N–H and O–H groups in total. The van der Waals surface area contributed by atoms with Crippen LogP contribution in [0, 0.1) is 0 Å². The minimum absolute atomic E-state index is 0.0235. The van der Waals surface area contributed by atoms with Crippen molar-refractivity contribution in [3.63, 3.8) is 0 Å². The second kappa shape index (κ2) is 7.51. The van der Waals surface area contributed by atoms with Crippen molar-refractivity contribution >= 4 is 10.1 Å². The fourth-order valence-corrected chi connectivity index (χ4v) is 4.38. The third-order valence-electron chi connectivity index (χ3n) is 5.19. The van der Waals surface area contributed by atoms with Crippen LogP contribution in [0.5, 0.6) is 0 Å².